The molecule has 3 saturated carbocycles. The molecule has 4 aliphatic carbocycles. The molecule has 6 nitrogen and oxygen atoms in total. The monoisotopic (exact) mass is 418 g/mol. The second kappa shape index (κ2) is 6.24. The van der Waals surface area contributed by atoms with Crippen molar-refractivity contribution in [3.8, 4) is 0 Å². The van der Waals surface area contributed by atoms with Crippen molar-refractivity contribution in [2.24, 2.45) is 35.6 Å². The minimum Gasteiger partial charge on any atom is -0.392 e. The number of allylic oxidation sites excluding steroid dienone is 1. The third-order valence-corrected chi connectivity index (χ3v) is 9.13. The molecule has 1 aromatic rings. The Balaban J connectivity index is 1.64. The fourth-order valence-corrected chi connectivity index (χ4v) is 7.76. The Morgan fingerprint density at radius 3 is 2.80 bits per heavy atom. The Bertz CT molecular complexity index is 944. The van der Waals surface area contributed by atoms with Gasteiger partial charge in [-0.2, -0.15) is 5.10 Å². The number of fused-ring (bicyclic) bond motifs is 6. The molecular weight excluding hydrogens is 387 g/mol. The number of ketones is 1. The second-order valence-corrected chi connectivity index (χ2v) is 10.4. The lowest BCUT2D eigenvalue weighted by atomic mass is 9.44. The normalized spacial score (nSPS) is 47.0. The molecule has 0 aliphatic heterocycles. The third kappa shape index (κ3) is 2.19. The maximum atomic E-state index is 17.3. The number of aromatic nitrogens is 2. The fraction of sp³-hybridized carbons (Fsp3) is 0.739. The molecule has 7 heteroatoms. The number of aliphatic hydroxyl groups excluding tert-OH is 3. The molecule has 0 bridgehead atoms. The number of aliphatic hydroxyl groups is 3. The maximum Gasteiger partial charge on any atom is 0.167 e. The van der Waals surface area contributed by atoms with E-state index < -0.39 is 47.0 Å². The van der Waals surface area contributed by atoms with Gasteiger partial charge in [-0.15, -0.1) is 0 Å². The number of nitrogens with zero attached hydrogens (tertiary/aromatic N) is 2. The molecule has 30 heavy (non-hydrogen) atoms. The second-order valence-electron chi connectivity index (χ2n) is 10.4. The molecule has 3 N–H and O–H groups in total. The van der Waals surface area contributed by atoms with E-state index in [4.69, 9.17) is 0 Å². The molecule has 3 fully saturated rings. The summed E-state index contributed by atoms with van der Waals surface area (Å²) in [6, 6.07) is 0. The largest absolute Gasteiger partial charge is 0.392 e. The molecule has 0 radical (unpaired) electrons. The minimum atomic E-state index is -1.90. The van der Waals surface area contributed by atoms with Gasteiger partial charge in [0, 0.05) is 24.6 Å². The van der Waals surface area contributed by atoms with Gasteiger partial charge < -0.3 is 15.3 Å². The lowest BCUT2D eigenvalue weighted by molar-refractivity contribution is -0.214. The predicted octanol–water partition coefficient (Wildman–Crippen LogP) is 1.81. The van der Waals surface area contributed by atoms with Crippen LogP contribution in [0.3, 0.4) is 0 Å². The molecule has 8 atom stereocenters. The number of hydrogen-bond acceptors (Lipinski definition) is 5. The van der Waals surface area contributed by atoms with E-state index in [9.17, 15) is 20.1 Å². The van der Waals surface area contributed by atoms with E-state index in [-0.39, 0.29) is 18.3 Å². The highest BCUT2D eigenvalue weighted by atomic mass is 19.1. The van der Waals surface area contributed by atoms with Gasteiger partial charge >= 0.3 is 0 Å². The zero-order chi connectivity index (χ0) is 21.6. The SMILES string of the molecule is C[C@@H]1C[C@H]2[C@@H]3CCC4=Cc5nn(C)cc5C[C@]4(C)[C@@]3(F)[C@@H](O)C[C@]2(C(=O)CO)[C@@H]1O. The number of carbonyl (C=O) groups excluding carboxylic acids is 1. The highest BCUT2D eigenvalue weighted by Gasteiger charge is 2.74. The van der Waals surface area contributed by atoms with Gasteiger partial charge in [0.15, 0.2) is 5.78 Å². The van der Waals surface area contributed by atoms with E-state index in [2.05, 4.69) is 5.10 Å². The topological polar surface area (TPSA) is 95.6 Å². The zero-order valence-corrected chi connectivity index (χ0v) is 17.8. The lowest BCUT2D eigenvalue weighted by Crippen LogP contribution is -2.69. The predicted molar refractivity (Wildman–Crippen MR) is 108 cm³/mol. The molecule has 164 valence electrons. The summed E-state index contributed by atoms with van der Waals surface area (Å²) < 4.78 is 19.0. The summed E-state index contributed by atoms with van der Waals surface area (Å²) >= 11 is 0. The number of Topliss-reactive ketones (excluding diaryl/α,β-unsaturated/α-hetero) is 1. The molecule has 0 spiro atoms. The first-order valence-corrected chi connectivity index (χ1v) is 11.0. The summed E-state index contributed by atoms with van der Waals surface area (Å²) in [5.74, 6) is -1.57. The number of halogens is 1. The van der Waals surface area contributed by atoms with Gasteiger partial charge in [0.2, 0.25) is 0 Å². The van der Waals surface area contributed by atoms with E-state index >= 15 is 4.39 Å². The summed E-state index contributed by atoms with van der Waals surface area (Å²) in [4.78, 5) is 12.9. The minimum absolute atomic E-state index is 0.141. The average Bonchev–Trinajstić information content (AvgIpc) is 3.17. The van der Waals surface area contributed by atoms with Crippen molar-refractivity contribution in [2.75, 3.05) is 6.61 Å². The molecule has 1 aromatic heterocycles. The Morgan fingerprint density at radius 1 is 1.37 bits per heavy atom. The Kier molecular flexibility index (Phi) is 4.23. The Hall–Kier alpha value is -1.57. The summed E-state index contributed by atoms with van der Waals surface area (Å²) in [6.07, 6.45) is 3.58. The van der Waals surface area contributed by atoms with Crippen LogP contribution in [-0.2, 0) is 18.3 Å². The van der Waals surface area contributed by atoms with Crippen molar-refractivity contribution in [1.29, 1.82) is 0 Å². The van der Waals surface area contributed by atoms with Crippen LogP contribution in [0.15, 0.2) is 11.8 Å². The molecule has 4 aliphatic rings. The smallest absolute Gasteiger partial charge is 0.167 e. The number of rotatable bonds is 2. The van der Waals surface area contributed by atoms with Gasteiger partial charge in [-0.3, -0.25) is 9.48 Å². The summed E-state index contributed by atoms with van der Waals surface area (Å²) in [5, 5.41) is 36.5. The van der Waals surface area contributed by atoms with Crippen LogP contribution in [0.2, 0.25) is 0 Å². The van der Waals surface area contributed by atoms with E-state index in [1.165, 1.54) is 0 Å². The van der Waals surface area contributed by atoms with E-state index in [1.54, 1.807) is 4.68 Å². The van der Waals surface area contributed by atoms with Crippen LogP contribution < -0.4 is 0 Å². The quantitative estimate of drug-likeness (QED) is 0.681. The summed E-state index contributed by atoms with van der Waals surface area (Å²) in [6.45, 7) is 3.08. The number of aryl methyl sites for hydroxylation is 1. The van der Waals surface area contributed by atoms with Crippen molar-refractivity contribution in [2.45, 2.75) is 63.8 Å². The van der Waals surface area contributed by atoms with Crippen LogP contribution in [-0.4, -0.2) is 55.4 Å². The van der Waals surface area contributed by atoms with Crippen LogP contribution in [0.1, 0.15) is 50.8 Å². The van der Waals surface area contributed by atoms with E-state index in [1.807, 2.05) is 33.2 Å². The molecule has 0 aromatic carbocycles. The molecule has 5 rings (SSSR count). The third-order valence-electron chi connectivity index (χ3n) is 9.13. The van der Waals surface area contributed by atoms with Gasteiger partial charge in [0.25, 0.3) is 0 Å². The van der Waals surface area contributed by atoms with E-state index in [0.717, 1.165) is 16.8 Å². The van der Waals surface area contributed by atoms with Crippen LogP contribution >= 0.6 is 0 Å². The van der Waals surface area contributed by atoms with Crippen LogP contribution in [0, 0.1) is 28.6 Å². The Labute approximate surface area is 175 Å². The standard InChI is InChI=1S/C23H31FN2O4/c1-12-6-16-15-5-4-14-7-17-13(10-26(3)25-17)8-21(14,2)23(15,24)18(28)9-22(16,20(12)30)19(29)11-27/h7,10,12,15-16,18,20,27-28,30H,4-6,8-9,11H2,1-3H3/t12-,15+,16+,18+,20-,21+,22+,23+/m1/s1. The highest BCUT2D eigenvalue weighted by Crippen LogP contribution is 2.69. The average molecular weight is 419 g/mol. The molecular formula is C23H31FN2O4. The van der Waals surface area contributed by atoms with Gasteiger partial charge in [-0.25, -0.2) is 4.39 Å². The fourth-order valence-electron chi connectivity index (χ4n) is 7.76. The van der Waals surface area contributed by atoms with Gasteiger partial charge in [0.05, 0.1) is 23.3 Å². The van der Waals surface area contributed by atoms with Gasteiger partial charge in [-0.1, -0.05) is 19.4 Å². The summed E-state index contributed by atoms with van der Waals surface area (Å²) in [7, 11) is 1.85. The van der Waals surface area contributed by atoms with Gasteiger partial charge in [-0.05, 0) is 55.6 Å². The summed E-state index contributed by atoms with van der Waals surface area (Å²) in [5.41, 5.74) is -1.25. The highest BCUT2D eigenvalue weighted by molar-refractivity contribution is 5.87. The Morgan fingerprint density at radius 2 is 2.10 bits per heavy atom. The maximum absolute atomic E-state index is 17.3. The van der Waals surface area contributed by atoms with Crippen molar-refractivity contribution in [3.05, 3.63) is 23.0 Å². The first kappa shape index (κ1) is 20.3. The van der Waals surface area contributed by atoms with Crippen molar-refractivity contribution in [1.82, 2.24) is 9.78 Å². The van der Waals surface area contributed by atoms with Crippen LogP contribution in [0.4, 0.5) is 4.39 Å². The number of hydrogen-bond donors (Lipinski definition) is 3. The van der Waals surface area contributed by atoms with Gasteiger partial charge in [0.1, 0.15) is 12.3 Å². The first-order valence-electron chi connectivity index (χ1n) is 11.0. The lowest BCUT2D eigenvalue weighted by Gasteiger charge is -2.62. The molecule has 0 amide bonds. The van der Waals surface area contributed by atoms with Crippen LogP contribution in [0.5, 0.6) is 0 Å². The molecule has 0 unspecified atom stereocenters. The first-order chi connectivity index (χ1) is 14.1. The van der Waals surface area contributed by atoms with E-state index in [0.29, 0.717) is 25.7 Å². The van der Waals surface area contributed by atoms with Crippen molar-refractivity contribution >= 4 is 11.9 Å². The number of carbonyl (C=O) groups is 1. The molecule has 1 heterocycles. The van der Waals surface area contributed by atoms with Crippen molar-refractivity contribution < 1.29 is 24.5 Å². The van der Waals surface area contributed by atoms with Crippen molar-refractivity contribution in [3.63, 3.8) is 0 Å². The van der Waals surface area contributed by atoms with Crippen LogP contribution in [0.25, 0.3) is 6.08 Å². The molecule has 0 saturated heterocycles. The zero-order valence-electron chi connectivity index (χ0n) is 17.8. The number of alkyl halides is 1.